The lowest BCUT2D eigenvalue weighted by atomic mass is 10.0. The van der Waals surface area contributed by atoms with Gasteiger partial charge in [0.2, 0.25) is 11.8 Å². The lowest BCUT2D eigenvalue weighted by Gasteiger charge is -2.33. The van der Waals surface area contributed by atoms with Crippen LogP contribution in [-0.4, -0.2) is 28.3 Å². The van der Waals surface area contributed by atoms with Crippen LogP contribution in [0.1, 0.15) is 45.2 Å². The van der Waals surface area contributed by atoms with Gasteiger partial charge in [-0.3, -0.25) is 9.59 Å². The van der Waals surface area contributed by atoms with Gasteiger partial charge in [0, 0.05) is 27.2 Å². The Morgan fingerprint density at radius 3 is 2.27 bits per heavy atom. The maximum Gasteiger partial charge on any atom is 0.243 e. The van der Waals surface area contributed by atoms with Gasteiger partial charge in [-0.25, -0.2) is 0 Å². The van der Waals surface area contributed by atoms with E-state index in [9.17, 15) is 9.59 Å². The average molecular weight is 470 g/mol. The van der Waals surface area contributed by atoms with Crippen LogP contribution in [0.15, 0.2) is 42.5 Å². The number of carbonyl (C=O) groups excluding carboxylic acids is 2. The lowest BCUT2D eigenvalue weighted by Crippen LogP contribution is -2.53. The van der Waals surface area contributed by atoms with Crippen LogP contribution < -0.4 is 5.32 Å². The van der Waals surface area contributed by atoms with Gasteiger partial charge in [0.1, 0.15) is 6.04 Å². The zero-order valence-corrected chi connectivity index (χ0v) is 19.9. The molecule has 0 spiro atoms. The van der Waals surface area contributed by atoms with Gasteiger partial charge in [-0.2, -0.15) is 0 Å². The van der Waals surface area contributed by atoms with Crippen LogP contribution in [-0.2, 0) is 22.6 Å². The van der Waals surface area contributed by atoms with Crippen LogP contribution in [0.3, 0.4) is 0 Å². The highest BCUT2D eigenvalue weighted by Gasteiger charge is 2.31. The molecule has 1 N–H and O–H groups in total. The van der Waals surface area contributed by atoms with Crippen molar-refractivity contribution in [1.29, 1.82) is 0 Å². The quantitative estimate of drug-likeness (QED) is 0.548. The van der Waals surface area contributed by atoms with Crippen molar-refractivity contribution in [2.45, 2.75) is 58.7 Å². The summed E-state index contributed by atoms with van der Waals surface area (Å²) in [4.78, 5) is 27.9. The fourth-order valence-corrected chi connectivity index (χ4v) is 3.81. The maximum absolute atomic E-state index is 13.3. The van der Waals surface area contributed by atoms with E-state index in [2.05, 4.69) is 5.32 Å². The van der Waals surface area contributed by atoms with Crippen molar-refractivity contribution < 1.29 is 9.59 Å². The van der Waals surface area contributed by atoms with E-state index in [0.29, 0.717) is 21.5 Å². The highest BCUT2D eigenvalue weighted by atomic mass is 35.5. The smallest absolute Gasteiger partial charge is 0.243 e. The van der Waals surface area contributed by atoms with Crippen LogP contribution >= 0.6 is 34.8 Å². The Bertz CT molecular complexity index is 910. The summed E-state index contributed by atoms with van der Waals surface area (Å²) in [5, 5.41) is 4.51. The number of rotatable bonds is 7. The van der Waals surface area contributed by atoms with Gasteiger partial charge >= 0.3 is 0 Å². The molecule has 0 fully saturated rings. The summed E-state index contributed by atoms with van der Waals surface area (Å²) in [5.74, 6) is -0.381. The predicted molar refractivity (Wildman–Crippen MR) is 124 cm³/mol. The molecule has 0 heterocycles. The van der Waals surface area contributed by atoms with Gasteiger partial charge in [0.25, 0.3) is 0 Å². The molecule has 1 atom stereocenters. The minimum absolute atomic E-state index is 0.130. The van der Waals surface area contributed by atoms with E-state index in [1.54, 1.807) is 41.3 Å². The van der Waals surface area contributed by atoms with Crippen molar-refractivity contribution in [2.75, 3.05) is 0 Å². The number of nitrogens with zero attached hydrogens (tertiary/aromatic N) is 1. The summed E-state index contributed by atoms with van der Waals surface area (Å²) in [5.41, 5.74) is 1.10. The molecule has 0 aliphatic heterocycles. The third-order valence-corrected chi connectivity index (χ3v) is 5.31. The van der Waals surface area contributed by atoms with Crippen molar-refractivity contribution in [1.82, 2.24) is 10.2 Å². The Kier molecular flexibility index (Phi) is 8.60. The van der Waals surface area contributed by atoms with E-state index >= 15 is 0 Å². The molecule has 7 heteroatoms. The van der Waals surface area contributed by atoms with Crippen molar-refractivity contribution >= 4 is 46.6 Å². The number of nitrogens with one attached hydrogen (secondary N) is 1. The van der Waals surface area contributed by atoms with Crippen LogP contribution in [0, 0.1) is 0 Å². The lowest BCUT2D eigenvalue weighted by molar-refractivity contribution is -0.141. The van der Waals surface area contributed by atoms with E-state index in [1.165, 1.54) is 0 Å². The van der Waals surface area contributed by atoms with E-state index in [-0.39, 0.29) is 24.8 Å². The second-order valence-electron chi connectivity index (χ2n) is 8.23. The molecule has 2 amide bonds. The van der Waals surface area contributed by atoms with Gasteiger partial charge in [-0.1, -0.05) is 59.9 Å². The number of amides is 2. The van der Waals surface area contributed by atoms with Crippen molar-refractivity contribution in [3.8, 4) is 0 Å². The topological polar surface area (TPSA) is 49.4 Å². The van der Waals surface area contributed by atoms with Gasteiger partial charge < -0.3 is 10.2 Å². The van der Waals surface area contributed by atoms with Crippen molar-refractivity contribution in [3.63, 3.8) is 0 Å². The Hall–Kier alpha value is -1.75. The zero-order valence-electron chi connectivity index (χ0n) is 17.6. The van der Waals surface area contributed by atoms with Crippen molar-refractivity contribution in [2.24, 2.45) is 0 Å². The molecule has 30 heavy (non-hydrogen) atoms. The molecular weight excluding hydrogens is 443 g/mol. The monoisotopic (exact) mass is 468 g/mol. The SMILES string of the molecule is CCC(C(=O)NC(C)(C)C)N(Cc1ccc(Cl)cc1Cl)C(=O)Cc1cccc(Cl)c1. The Morgan fingerprint density at radius 1 is 1.03 bits per heavy atom. The molecule has 0 aliphatic carbocycles. The Balaban J connectivity index is 2.36. The summed E-state index contributed by atoms with van der Waals surface area (Å²) in [6.45, 7) is 7.81. The van der Waals surface area contributed by atoms with E-state index < -0.39 is 11.6 Å². The number of halogens is 3. The fourth-order valence-electron chi connectivity index (χ4n) is 3.13. The van der Waals surface area contributed by atoms with E-state index in [4.69, 9.17) is 34.8 Å². The number of hydrogen-bond donors (Lipinski definition) is 1. The molecule has 1 unspecified atom stereocenters. The molecule has 0 saturated carbocycles. The first-order chi connectivity index (χ1) is 14.0. The first-order valence-corrected chi connectivity index (χ1v) is 10.9. The molecule has 0 radical (unpaired) electrons. The Labute approximate surface area is 193 Å². The zero-order chi connectivity index (χ0) is 22.5. The molecule has 4 nitrogen and oxygen atoms in total. The molecule has 162 valence electrons. The highest BCUT2D eigenvalue weighted by molar-refractivity contribution is 6.35. The normalized spacial score (nSPS) is 12.4. The van der Waals surface area contributed by atoms with Gasteiger partial charge in [0.15, 0.2) is 0 Å². The molecule has 0 aromatic heterocycles. The fraction of sp³-hybridized carbons (Fsp3) is 0.391. The molecule has 0 saturated heterocycles. The second kappa shape index (κ2) is 10.5. The molecule has 0 aliphatic rings. The summed E-state index contributed by atoms with van der Waals surface area (Å²) < 4.78 is 0. The molecule has 2 aromatic rings. The third-order valence-electron chi connectivity index (χ3n) is 4.48. The number of hydrogen-bond acceptors (Lipinski definition) is 2. The Morgan fingerprint density at radius 2 is 1.70 bits per heavy atom. The van der Waals surface area contributed by atoms with E-state index in [0.717, 1.165) is 11.1 Å². The summed E-state index contributed by atoms with van der Waals surface area (Å²) in [6, 6.07) is 11.6. The largest absolute Gasteiger partial charge is 0.350 e. The molecule has 2 aromatic carbocycles. The van der Waals surface area contributed by atoms with E-state index in [1.807, 2.05) is 33.8 Å². The number of benzene rings is 2. The summed E-state index contributed by atoms with van der Waals surface area (Å²) >= 11 is 18.4. The maximum atomic E-state index is 13.3. The first-order valence-electron chi connectivity index (χ1n) is 9.80. The van der Waals surface area contributed by atoms with Crippen LogP contribution in [0.25, 0.3) is 0 Å². The van der Waals surface area contributed by atoms with Gasteiger partial charge in [-0.15, -0.1) is 0 Å². The minimum atomic E-state index is -0.636. The first kappa shape index (κ1) is 24.5. The van der Waals surface area contributed by atoms with Crippen molar-refractivity contribution in [3.05, 3.63) is 68.7 Å². The summed E-state index contributed by atoms with van der Waals surface area (Å²) in [7, 11) is 0. The minimum Gasteiger partial charge on any atom is -0.350 e. The predicted octanol–water partition coefficient (Wildman–Crippen LogP) is 5.91. The average Bonchev–Trinajstić information content (AvgIpc) is 2.61. The molecule has 0 bridgehead atoms. The van der Waals surface area contributed by atoms with Gasteiger partial charge in [0.05, 0.1) is 6.42 Å². The molecular formula is C23H27Cl3N2O2. The van der Waals surface area contributed by atoms with Crippen LogP contribution in [0.4, 0.5) is 0 Å². The molecule has 2 rings (SSSR count). The standard InChI is InChI=1S/C23H27Cl3N2O2/c1-5-20(22(30)27-23(2,3)4)28(14-16-9-10-18(25)13-19(16)26)21(29)12-15-7-6-8-17(24)11-15/h6-11,13,20H,5,12,14H2,1-4H3,(H,27,30). The second-order valence-corrected chi connectivity index (χ2v) is 9.51. The highest BCUT2D eigenvalue weighted by Crippen LogP contribution is 2.24. The van der Waals surface area contributed by atoms with Crippen LogP contribution in [0.5, 0.6) is 0 Å². The number of carbonyl (C=O) groups is 2. The third kappa shape index (κ3) is 7.19. The van der Waals surface area contributed by atoms with Gasteiger partial charge in [-0.05, 0) is 62.6 Å². The van der Waals surface area contributed by atoms with Crippen LogP contribution in [0.2, 0.25) is 15.1 Å². The summed E-state index contributed by atoms with van der Waals surface area (Å²) in [6.07, 6.45) is 0.597.